The van der Waals surface area contributed by atoms with Gasteiger partial charge in [0, 0.05) is 30.1 Å². The third-order valence-corrected chi connectivity index (χ3v) is 6.40. The molecule has 0 aliphatic rings. The number of rotatable bonds is 15. The quantitative estimate of drug-likeness (QED) is 0.234. The second-order valence-electron chi connectivity index (χ2n) is 8.87. The van der Waals surface area contributed by atoms with Crippen molar-refractivity contribution in [3.05, 3.63) is 64.9 Å². The fourth-order valence-electron chi connectivity index (χ4n) is 4.31. The molecular formula is C28H38ClN3O. The zero-order valence-electron chi connectivity index (χ0n) is 20.0. The van der Waals surface area contributed by atoms with Crippen molar-refractivity contribution in [2.24, 2.45) is 0 Å². The van der Waals surface area contributed by atoms with E-state index in [1.165, 1.54) is 56.3 Å². The van der Waals surface area contributed by atoms with Crippen LogP contribution in [0.4, 0.5) is 0 Å². The van der Waals surface area contributed by atoms with E-state index in [-0.39, 0.29) is 5.91 Å². The molecule has 0 atom stereocenters. The Kier molecular flexibility index (Phi) is 10.8. The van der Waals surface area contributed by atoms with Gasteiger partial charge in [-0.05, 0) is 49.6 Å². The van der Waals surface area contributed by atoms with Gasteiger partial charge in [-0.15, -0.1) is 0 Å². The first-order chi connectivity index (χ1) is 16.2. The Balaban J connectivity index is 1.42. The number of hydrogen-bond acceptors (Lipinski definition) is 2. The standard InChI is InChI=1S/C28H38ClN3O/c1-2-3-4-5-6-7-13-21-32-26-18-11-10-17-25(26)31-27(32)19-9-8-12-20-30-28(33)23-15-14-16-24(29)22-23/h10-11,14-18,22H,2-9,12-13,19-21H2,1H3,(H,30,33). The van der Waals surface area contributed by atoms with Gasteiger partial charge in [0.15, 0.2) is 0 Å². The van der Waals surface area contributed by atoms with E-state index in [0.29, 0.717) is 17.1 Å². The minimum absolute atomic E-state index is 0.0611. The summed E-state index contributed by atoms with van der Waals surface area (Å²) in [5.74, 6) is 1.14. The molecule has 0 radical (unpaired) electrons. The van der Waals surface area contributed by atoms with E-state index in [4.69, 9.17) is 16.6 Å². The van der Waals surface area contributed by atoms with Crippen LogP contribution >= 0.6 is 11.6 Å². The molecule has 2 aromatic carbocycles. The summed E-state index contributed by atoms with van der Waals surface area (Å²) < 4.78 is 2.43. The van der Waals surface area contributed by atoms with Gasteiger partial charge in [-0.3, -0.25) is 4.79 Å². The summed E-state index contributed by atoms with van der Waals surface area (Å²) in [6.07, 6.45) is 13.3. The van der Waals surface area contributed by atoms with Crippen molar-refractivity contribution in [3.8, 4) is 0 Å². The van der Waals surface area contributed by atoms with Crippen LogP contribution in [0.1, 0.15) is 87.3 Å². The van der Waals surface area contributed by atoms with Crippen molar-refractivity contribution < 1.29 is 4.79 Å². The summed E-state index contributed by atoms with van der Waals surface area (Å²) >= 11 is 5.97. The van der Waals surface area contributed by atoms with Crippen molar-refractivity contribution in [1.29, 1.82) is 0 Å². The molecule has 0 spiro atoms. The van der Waals surface area contributed by atoms with Gasteiger partial charge in [-0.25, -0.2) is 4.98 Å². The number of halogens is 1. The Morgan fingerprint density at radius 2 is 1.67 bits per heavy atom. The molecule has 33 heavy (non-hydrogen) atoms. The minimum Gasteiger partial charge on any atom is -0.352 e. The summed E-state index contributed by atoms with van der Waals surface area (Å²) in [5.41, 5.74) is 2.97. The van der Waals surface area contributed by atoms with E-state index < -0.39 is 0 Å². The van der Waals surface area contributed by atoms with Crippen molar-refractivity contribution in [2.45, 2.75) is 84.1 Å². The molecule has 4 nitrogen and oxygen atoms in total. The van der Waals surface area contributed by atoms with Crippen molar-refractivity contribution in [2.75, 3.05) is 6.54 Å². The minimum atomic E-state index is -0.0611. The van der Waals surface area contributed by atoms with Crippen LogP contribution in [-0.2, 0) is 13.0 Å². The van der Waals surface area contributed by atoms with Crippen molar-refractivity contribution in [1.82, 2.24) is 14.9 Å². The van der Waals surface area contributed by atoms with Crippen LogP contribution in [-0.4, -0.2) is 22.0 Å². The first kappa shape index (κ1) is 25.3. The normalized spacial score (nSPS) is 11.2. The SMILES string of the molecule is CCCCCCCCCn1c(CCCCCNC(=O)c2cccc(Cl)c2)nc2ccccc21. The number of aryl methyl sites for hydroxylation is 2. The lowest BCUT2D eigenvalue weighted by atomic mass is 10.1. The van der Waals surface area contributed by atoms with Gasteiger partial charge in [0.1, 0.15) is 5.82 Å². The van der Waals surface area contributed by atoms with E-state index in [0.717, 1.165) is 37.7 Å². The lowest BCUT2D eigenvalue weighted by Gasteiger charge is -2.10. The van der Waals surface area contributed by atoms with E-state index in [1.807, 2.05) is 0 Å². The highest BCUT2D eigenvalue weighted by atomic mass is 35.5. The maximum Gasteiger partial charge on any atom is 0.251 e. The van der Waals surface area contributed by atoms with Gasteiger partial charge in [0.05, 0.1) is 11.0 Å². The molecular weight excluding hydrogens is 430 g/mol. The third kappa shape index (κ3) is 8.19. The number of carbonyl (C=O) groups is 1. The van der Waals surface area contributed by atoms with Crippen molar-refractivity contribution >= 4 is 28.5 Å². The van der Waals surface area contributed by atoms with Crippen LogP contribution in [0.15, 0.2) is 48.5 Å². The molecule has 1 aromatic heterocycles. The predicted octanol–water partition coefficient (Wildman–Crippen LogP) is 7.58. The Hall–Kier alpha value is -2.33. The third-order valence-electron chi connectivity index (χ3n) is 6.17. The van der Waals surface area contributed by atoms with Gasteiger partial charge < -0.3 is 9.88 Å². The number of aromatic nitrogens is 2. The van der Waals surface area contributed by atoms with Crippen LogP contribution in [0.3, 0.4) is 0 Å². The van der Waals surface area contributed by atoms with Crippen LogP contribution < -0.4 is 5.32 Å². The van der Waals surface area contributed by atoms with Gasteiger partial charge in [0.25, 0.3) is 5.91 Å². The Labute approximate surface area is 203 Å². The van der Waals surface area contributed by atoms with Crippen LogP contribution in [0.25, 0.3) is 11.0 Å². The number of unbranched alkanes of at least 4 members (excludes halogenated alkanes) is 8. The first-order valence-electron chi connectivity index (χ1n) is 12.7. The van der Waals surface area contributed by atoms with Crippen LogP contribution in [0.2, 0.25) is 5.02 Å². The molecule has 0 bridgehead atoms. The number of benzene rings is 2. The molecule has 3 aromatic rings. The van der Waals surface area contributed by atoms with E-state index in [9.17, 15) is 4.79 Å². The molecule has 1 N–H and O–H groups in total. The molecule has 178 valence electrons. The molecule has 0 saturated carbocycles. The largest absolute Gasteiger partial charge is 0.352 e. The lowest BCUT2D eigenvalue weighted by molar-refractivity contribution is 0.0953. The fraction of sp³-hybridized carbons (Fsp3) is 0.500. The summed E-state index contributed by atoms with van der Waals surface area (Å²) in [6, 6.07) is 15.6. The summed E-state index contributed by atoms with van der Waals surface area (Å²) in [4.78, 5) is 17.1. The van der Waals surface area contributed by atoms with E-state index >= 15 is 0 Å². The monoisotopic (exact) mass is 467 g/mol. The second-order valence-corrected chi connectivity index (χ2v) is 9.30. The summed E-state index contributed by atoms with van der Waals surface area (Å²) in [6.45, 7) is 4.00. The smallest absolute Gasteiger partial charge is 0.251 e. The zero-order valence-corrected chi connectivity index (χ0v) is 20.7. The Bertz CT molecular complexity index is 998. The predicted molar refractivity (Wildman–Crippen MR) is 139 cm³/mol. The van der Waals surface area contributed by atoms with Crippen LogP contribution in [0.5, 0.6) is 0 Å². The van der Waals surface area contributed by atoms with Gasteiger partial charge in [-0.2, -0.15) is 0 Å². The molecule has 5 heteroatoms. The molecule has 1 heterocycles. The number of amides is 1. The number of carbonyl (C=O) groups excluding carboxylic acids is 1. The highest BCUT2D eigenvalue weighted by Gasteiger charge is 2.10. The number of nitrogens with zero attached hydrogens (tertiary/aromatic N) is 2. The molecule has 0 aliphatic heterocycles. The molecule has 1 amide bonds. The highest BCUT2D eigenvalue weighted by Crippen LogP contribution is 2.19. The lowest BCUT2D eigenvalue weighted by Crippen LogP contribution is -2.24. The Morgan fingerprint density at radius 1 is 0.909 bits per heavy atom. The Morgan fingerprint density at radius 3 is 2.48 bits per heavy atom. The maximum atomic E-state index is 12.2. The second kappa shape index (κ2) is 14.0. The van der Waals surface area contributed by atoms with E-state index in [1.54, 1.807) is 24.3 Å². The summed E-state index contributed by atoms with van der Waals surface area (Å²) in [5, 5.41) is 3.58. The number of fused-ring (bicyclic) bond motifs is 1. The molecule has 3 rings (SSSR count). The average molecular weight is 468 g/mol. The topological polar surface area (TPSA) is 46.9 Å². The van der Waals surface area contributed by atoms with Gasteiger partial charge in [-0.1, -0.05) is 81.7 Å². The fourth-order valence-corrected chi connectivity index (χ4v) is 4.50. The first-order valence-corrected chi connectivity index (χ1v) is 13.0. The van der Waals surface area contributed by atoms with Gasteiger partial charge >= 0.3 is 0 Å². The number of hydrogen-bond donors (Lipinski definition) is 1. The number of para-hydroxylation sites is 2. The van der Waals surface area contributed by atoms with E-state index in [2.05, 4.69) is 41.1 Å². The molecule has 0 aliphatic carbocycles. The maximum absolute atomic E-state index is 12.2. The zero-order chi connectivity index (χ0) is 23.3. The van der Waals surface area contributed by atoms with Crippen molar-refractivity contribution in [3.63, 3.8) is 0 Å². The number of nitrogens with one attached hydrogen (secondary N) is 1. The highest BCUT2D eigenvalue weighted by molar-refractivity contribution is 6.30. The molecule has 0 unspecified atom stereocenters. The average Bonchev–Trinajstić information content (AvgIpc) is 3.18. The molecule has 0 fully saturated rings. The number of imidazole rings is 1. The van der Waals surface area contributed by atoms with Gasteiger partial charge in [0.2, 0.25) is 0 Å². The summed E-state index contributed by atoms with van der Waals surface area (Å²) in [7, 11) is 0. The molecule has 0 saturated heterocycles. The van der Waals surface area contributed by atoms with Crippen LogP contribution in [0, 0.1) is 0 Å².